The number of rotatable bonds is 2. The second-order valence-corrected chi connectivity index (χ2v) is 6.40. The minimum Gasteiger partial charge on any atom is -0.376 e. The fraction of sp³-hybridized carbons (Fsp3) is 0.923. The molecule has 0 aromatic rings. The van der Waals surface area contributed by atoms with Crippen molar-refractivity contribution in [2.24, 2.45) is 10.9 Å². The molecule has 17 heavy (non-hydrogen) atoms. The summed E-state index contributed by atoms with van der Waals surface area (Å²) in [6.07, 6.45) is 8.23. The quantitative estimate of drug-likeness (QED) is 0.821. The highest BCUT2D eigenvalue weighted by molar-refractivity contribution is 8.13. The molecule has 0 aromatic carbocycles. The normalized spacial score (nSPS) is 40.0. The summed E-state index contributed by atoms with van der Waals surface area (Å²) >= 11 is 1.91. The molecule has 0 amide bonds. The van der Waals surface area contributed by atoms with Gasteiger partial charge in [0.1, 0.15) is 0 Å². The van der Waals surface area contributed by atoms with Crippen LogP contribution in [0.1, 0.15) is 38.5 Å². The first-order valence-corrected chi connectivity index (χ1v) is 7.96. The Labute approximate surface area is 108 Å². The van der Waals surface area contributed by atoms with Crippen molar-refractivity contribution in [1.82, 2.24) is 5.32 Å². The zero-order valence-electron chi connectivity index (χ0n) is 10.4. The number of hydrogen-bond donors (Lipinski definition) is 1. The number of nitrogens with zero attached hydrogens (tertiary/aromatic N) is 1. The summed E-state index contributed by atoms with van der Waals surface area (Å²) in [6.45, 7) is 1.79. The topological polar surface area (TPSA) is 33.6 Å². The summed E-state index contributed by atoms with van der Waals surface area (Å²) in [7, 11) is 0. The van der Waals surface area contributed by atoms with Crippen molar-refractivity contribution < 1.29 is 4.74 Å². The fourth-order valence-electron chi connectivity index (χ4n) is 3.04. The van der Waals surface area contributed by atoms with Crippen LogP contribution in [0.2, 0.25) is 0 Å². The number of hydrogen-bond acceptors (Lipinski definition) is 3. The van der Waals surface area contributed by atoms with Crippen LogP contribution in [0.5, 0.6) is 0 Å². The molecule has 1 saturated carbocycles. The molecule has 3 atom stereocenters. The maximum absolute atomic E-state index is 5.71. The van der Waals surface area contributed by atoms with Crippen LogP contribution in [0.25, 0.3) is 0 Å². The van der Waals surface area contributed by atoms with Crippen LogP contribution in [0, 0.1) is 5.92 Å². The SMILES string of the molecule is C1CCC(CN=C2NC3CCCC3CS2)OC1. The van der Waals surface area contributed by atoms with E-state index in [0.29, 0.717) is 12.1 Å². The van der Waals surface area contributed by atoms with Gasteiger partial charge in [0.05, 0.1) is 12.6 Å². The lowest BCUT2D eigenvalue weighted by molar-refractivity contribution is 0.0225. The molecule has 3 unspecified atom stereocenters. The standard InChI is InChI=1S/C13H22N2OS/c1-2-7-16-11(5-1)8-14-13-15-12-6-3-4-10(12)9-17-13/h10-12H,1-9H2,(H,14,15). The average molecular weight is 254 g/mol. The van der Waals surface area contributed by atoms with Crippen molar-refractivity contribution in [2.75, 3.05) is 18.9 Å². The van der Waals surface area contributed by atoms with Gasteiger partial charge in [-0.05, 0) is 38.0 Å². The van der Waals surface area contributed by atoms with E-state index in [-0.39, 0.29) is 0 Å². The Kier molecular flexibility index (Phi) is 3.91. The van der Waals surface area contributed by atoms with Gasteiger partial charge >= 0.3 is 0 Å². The van der Waals surface area contributed by atoms with Gasteiger partial charge in [-0.3, -0.25) is 4.99 Å². The van der Waals surface area contributed by atoms with Crippen LogP contribution in [0.3, 0.4) is 0 Å². The lowest BCUT2D eigenvalue weighted by atomic mass is 10.1. The third-order valence-corrected chi connectivity index (χ3v) is 5.23. The average Bonchev–Trinajstić information content (AvgIpc) is 2.85. The van der Waals surface area contributed by atoms with E-state index in [1.165, 1.54) is 49.4 Å². The van der Waals surface area contributed by atoms with E-state index in [1.54, 1.807) is 0 Å². The molecule has 2 saturated heterocycles. The molecular formula is C13H22N2OS. The second kappa shape index (κ2) is 5.61. The monoisotopic (exact) mass is 254 g/mol. The van der Waals surface area contributed by atoms with Gasteiger partial charge in [-0.1, -0.05) is 18.2 Å². The Morgan fingerprint density at radius 3 is 3.12 bits per heavy atom. The third kappa shape index (κ3) is 2.97. The molecule has 3 fully saturated rings. The zero-order valence-corrected chi connectivity index (χ0v) is 11.2. The Bertz CT molecular complexity index is 289. The van der Waals surface area contributed by atoms with Gasteiger partial charge < -0.3 is 10.1 Å². The molecule has 4 heteroatoms. The van der Waals surface area contributed by atoms with Crippen LogP contribution in [0.4, 0.5) is 0 Å². The number of nitrogens with one attached hydrogen (secondary N) is 1. The van der Waals surface area contributed by atoms with Crippen LogP contribution in [-0.4, -0.2) is 36.2 Å². The summed E-state index contributed by atoms with van der Waals surface area (Å²) in [6, 6.07) is 0.710. The fourth-order valence-corrected chi connectivity index (χ4v) is 4.21. The first-order valence-electron chi connectivity index (χ1n) is 6.97. The first kappa shape index (κ1) is 11.8. The van der Waals surface area contributed by atoms with Gasteiger partial charge in [-0.25, -0.2) is 0 Å². The Balaban J connectivity index is 1.50. The van der Waals surface area contributed by atoms with E-state index in [1.807, 2.05) is 11.8 Å². The summed E-state index contributed by atoms with van der Waals surface area (Å²) in [4.78, 5) is 4.71. The highest BCUT2D eigenvalue weighted by Gasteiger charge is 2.32. The van der Waals surface area contributed by atoms with Gasteiger partial charge in [-0.15, -0.1) is 0 Å². The molecule has 96 valence electrons. The van der Waals surface area contributed by atoms with Gasteiger partial charge in [0, 0.05) is 18.4 Å². The zero-order chi connectivity index (χ0) is 11.5. The van der Waals surface area contributed by atoms with Gasteiger partial charge in [-0.2, -0.15) is 0 Å². The summed E-state index contributed by atoms with van der Waals surface area (Å²) < 4.78 is 5.71. The maximum atomic E-state index is 5.71. The smallest absolute Gasteiger partial charge is 0.156 e. The number of ether oxygens (including phenoxy) is 1. The molecule has 2 aliphatic heterocycles. The first-order chi connectivity index (χ1) is 8.42. The molecule has 1 N–H and O–H groups in total. The largest absolute Gasteiger partial charge is 0.376 e. The highest BCUT2D eigenvalue weighted by Crippen LogP contribution is 2.32. The second-order valence-electron chi connectivity index (χ2n) is 5.39. The van der Waals surface area contributed by atoms with Gasteiger partial charge in [0.2, 0.25) is 0 Å². The lowest BCUT2D eigenvalue weighted by Crippen LogP contribution is -2.42. The van der Waals surface area contributed by atoms with Crippen molar-refractivity contribution >= 4 is 16.9 Å². The number of amidine groups is 1. The number of thioether (sulfide) groups is 1. The van der Waals surface area contributed by atoms with E-state index in [0.717, 1.165) is 19.1 Å². The van der Waals surface area contributed by atoms with Crippen molar-refractivity contribution in [1.29, 1.82) is 0 Å². The van der Waals surface area contributed by atoms with Crippen molar-refractivity contribution in [2.45, 2.75) is 50.7 Å². The van der Waals surface area contributed by atoms with Crippen LogP contribution in [-0.2, 0) is 4.74 Å². The Morgan fingerprint density at radius 1 is 1.24 bits per heavy atom. The molecule has 3 nitrogen and oxygen atoms in total. The molecule has 2 heterocycles. The molecule has 1 aliphatic carbocycles. The summed E-state index contributed by atoms with van der Waals surface area (Å²) in [5.74, 6) is 2.16. The van der Waals surface area contributed by atoms with Crippen LogP contribution < -0.4 is 5.32 Å². The minimum absolute atomic E-state index is 0.375. The van der Waals surface area contributed by atoms with Crippen molar-refractivity contribution in [3.63, 3.8) is 0 Å². The predicted octanol–water partition coefficient (Wildman–Crippen LogP) is 2.42. The van der Waals surface area contributed by atoms with Crippen LogP contribution in [0.15, 0.2) is 4.99 Å². The van der Waals surface area contributed by atoms with E-state index in [9.17, 15) is 0 Å². The van der Waals surface area contributed by atoms with E-state index in [2.05, 4.69) is 5.32 Å². The van der Waals surface area contributed by atoms with E-state index >= 15 is 0 Å². The molecule has 0 aromatic heterocycles. The Hall–Kier alpha value is -0.220. The highest BCUT2D eigenvalue weighted by atomic mass is 32.2. The minimum atomic E-state index is 0.375. The van der Waals surface area contributed by atoms with E-state index in [4.69, 9.17) is 9.73 Å². The lowest BCUT2D eigenvalue weighted by Gasteiger charge is -2.28. The summed E-state index contributed by atoms with van der Waals surface area (Å²) in [5, 5.41) is 4.78. The predicted molar refractivity (Wildman–Crippen MR) is 72.6 cm³/mol. The molecular weight excluding hydrogens is 232 g/mol. The number of fused-ring (bicyclic) bond motifs is 1. The van der Waals surface area contributed by atoms with Crippen molar-refractivity contribution in [3.8, 4) is 0 Å². The van der Waals surface area contributed by atoms with Crippen LogP contribution >= 0.6 is 11.8 Å². The molecule has 0 radical (unpaired) electrons. The molecule has 3 rings (SSSR count). The van der Waals surface area contributed by atoms with Gasteiger partial charge in [0.25, 0.3) is 0 Å². The molecule has 0 bridgehead atoms. The van der Waals surface area contributed by atoms with Crippen molar-refractivity contribution in [3.05, 3.63) is 0 Å². The maximum Gasteiger partial charge on any atom is 0.156 e. The van der Waals surface area contributed by atoms with Gasteiger partial charge in [0.15, 0.2) is 5.17 Å². The third-order valence-electron chi connectivity index (χ3n) is 4.11. The summed E-state index contributed by atoms with van der Waals surface area (Å²) in [5.41, 5.74) is 0. The number of aliphatic imine (C=N–C) groups is 1. The van der Waals surface area contributed by atoms with E-state index < -0.39 is 0 Å². The Morgan fingerprint density at radius 2 is 2.24 bits per heavy atom. The molecule has 0 spiro atoms. The molecule has 3 aliphatic rings.